The van der Waals surface area contributed by atoms with Gasteiger partial charge >= 0.3 is 0 Å². The summed E-state index contributed by atoms with van der Waals surface area (Å²) in [6.45, 7) is 9.07. The van der Waals surface area contributed by atoms with Crippen LogP contribution >= 0.6 is 0 Å². The number of alkyl halides is 2. The van der Waals surface area contributed by atoms with Crippen molar-refractivity contribution in [1.29, 1.82) is 0 Å². The first-order chi connectivity index (χ1) is 17.1. The van der Waals surface area contributed by atoms with E-state index in [1.54, 1.807) is 6.92 Å². The lowest BCUT2D eigenvalue weighted by molar-refractivity contribution is -0.00647. The molecule has 36 heavy (non-hydrogen) atoms. The molecule has 0 bridgehead atoms. The van der Waals surface area contributed by atoms with E-state index in [4.69, 9.17) is 0 Å². The molecule has 2 aromatic carbocycles. The van der Waals surface area contributed by atoms with Crippen molar-refractivity contribution in [1.82, 2.24) is 9.78 Å². The first-order valence-electron chi connectivity index (χ1n) is 12.6. The predicted octanol–water partition coefficient (Wildman–Crippen LogP) is 6.70. The van der Waals surface area contributed by atoms with Crippen molar-refractivity contribution in [2.24, 2.45) is 13.0 Å². The van der Waals surface area contributed by atoms with Gasteiger partial charge in [-0.05, 0) is 59.4 Å². The van der Waals surface area contributed by atoms with Gasteiger partial charge in [0.2, 0.25) is 5.92 Å². The van der Waals surface area contributed by atoms with Crippen LogP contribution in [0, 0.1) is 5.92 Å². The van der Waals surface area contributed by atoms with Gasteiger partial charge in [-0.25, -0.2) is 8.78 Å². The lowest BCUT2D eigenvalue weighted by Gasteiger charge is -2.15. The molecule has 0 fully saturated rings. The Kier molecular flexibility index (Phi) is 8.78. The molecular weight excluding hydrogens is 454 g/mol. The Balaban J connectivity index is 0.000000454. The van der Waals surface area contributed by atoms with Crippen LogP contribution < -0.4 is 10.4 Å². The Bertz CT molecular complexity index is 1360. The third-order valence-electron chi connectivity index (χ3n) is 6.92. The number of allylic oxidation sites excluding steroid dienone is 2. The Hall–Kier alpha value is -3.34. The monoisotopic (exact) mass is 490 g/mol. The zero-order valence-corrected chi connectivity index (χ0v) is 22.1. The second-order valence-electron chi connectivity index (χ2n) is 9.50. The number of benzene rings is 2. The normalized spacial score (nSPS) is 19.4. The van der Waals surface area contributed by atoms with Gasteiger partial charge in [-0.1, -0.05) is 74.9 Å². The van der Waals surface area contributed by atoms with Crippen molar-refractivity contribution in [2.75, 3.05) is 0 Å². The van der Waals surface area contributed by atoms with Gasteiger partial charge < -0.3 is 0 Å². The van der Waals surface area contributed by atoms with Crippen molar-refractivity contribution in [3.8, 4) is 11.1 Å². The number of Topliss-reactive ketones (excluding diaryl/α,β-unsaturated/α-hetero) is 1. The second kappa shape index (κ2) is 11.6. The average molecular weight is 491 g/mol. The topological polar surface area (TPSA) is 34.9 Å². The molecule has 0 saturated heterocycles. The van der Waals surface area contributed by atoms with Gasteiger partial charge in [-0.15, -0.1) is 0 Å². The summed E-state index contributed by atoms with van der Waals surface area (Å²) in [6, 6.07) is 14.7. The highest BCUT2D eigenvalue weighted by atomic mass is 19.3. The molecule has 3 nitrogen and oxygen atoms in total. The van der Waals surface area contributed by atoms with Crippen LogP contribution in [-0.2, 0) is 7.05 Å². The van der Waals surface area contributed by atoms with Gasteiger partial charge in [0, 0.05) is 37.2 Å². The fourth-order valence-electron chi connectivity index (χ4n) is 4.17. The number of halogens is 2. The Labute approximate surface area is 212 Å². The minimum Gasteiger partial charge on any atom is -0.295 e. The van der Waals surface area contributed by atoms with Gasteiger partial charge in [0.05, 0.1) is 6.20 Å². The number of carbonyl (C=O) groups is 1. The number of rotatable bonds is 5. The molecule has 0 N–H and O–H groups in total. The molecule has 5 heteroatoms. The Morgan fingerprint density at radius 3 is 2.19 bits per heavy atom. The molecule has 3 aromatic rings. The van der Waals surface area contributed by atoms with Gasteiger partial charge in [-0.2, -0.15) is 5.10 Å². The van der Waals surface area contributed by atoms with Crippen molar-refractivity contribution in [3.05, 3.63) is 88.6 Å². The summed E-state index contributed by atoms with van der Waals surface area (Å²) < 4.78 is 25.6. The highest BCUT2D eigenvalue weighted by Crippen LogP contribution is 2.24. The highest BCUT2D eigenvalue weighted by Gasteiger charge is 2.21. The third kappa shape index (κ3) is 6.45. The maximum absolute atomic E-state index is 12.0. The van der Waals surface area contributed by atoms with Crippen LogP contribution in [0.2, 0.25) is 0 Å². The maximum atomic E-state index is 12.0. The number of nitrogens with zero attached hydrogens (tertiary/aromatic N) is 2. The van der Waals surface area contributed by atoms with Gasteiger partial charge in [0.1, 0.15) is 0 Å². The van der Waals surface area contributed by atoms with Crippen LogP contribution in [0.25, 0.3) is 22.3 Å². The van der Waals surface area contributed by atoms with Crippen LogP contribution in [0.5, 0.6) is 0 Å². The van der Waals surface area contributed by atoms with E-state index in [2.05, 4.69) is 61.4 Å². The lowest BCUT2D eigenvalue weighted by Crippen LogP contribution is -2.32. The van der Waals surface area contributed by atoms with Crippen LogP contribution in [0.15, 0.2) is 67.0 Å². The SMILES string of the molecule is CC(=O)c1ccc2/c(c1)=C(c1ccc(-c3cnn(C)c3)cc1)\C=C\CC(C)\C=2C.CCC(F)(F)CC. The zero-order chi connectivity index (χ0) is 26.5. The van der Waals surface area contributed by atoms with Crippen molar-refractivity contribution in [2.45, 2.75) is 59.8 Å². The molecule has 0 saturated carbocycles. The molecule has 1 aliphatic carbocycles. The molecule has 1 aromatic heterocycles. The minimum absolute atomic E-state index is 0.0382. The van der Waals surface area contributed by atoms with Gasteiger partial charge in [0.25, 0.3) is 0 Å². The molecule has 0 radical (unpaired) electrons. The molecule has 1 heterocycles. The maximum Gasteiger partial charge on any atom is 0.247 e. The second-order valence-corrected chi connectivity index (χ2v) is 9.50. The summed E-state index contributed by atoms with van der Waals surface area (Å²) >= 11 is 0. The molecule has 1 unspecified atom stereocenters. The van der Waals surface area contributed by atoms with Gasteiger partial charge in [-0.3, -0.25) is 9.48 Å². The number of hydrogen-bond donors (Lipinski definition) is 0. The summed E-state index contributed by atoms with van der Waals surface area (Å²) in [6.07, 6.45) is 9.30. The molecule has 0 amide bonds. The molecular formula is C31H36F2N2O. The average Bonchev–Trinajstić information content (AvgIpc) is 3.31. The summed E-state index contributed by atoms with van der Waals surface area (Å²) in [4.78, 5) is 12.0. The number of ketones is 1. The van der Waals surface area contributed by atoms with Crippen molar-refractivity contribution in [3.63, 3.8) is 0 Å². The molecule has 4 rings (SSSR count). The summed E-state index contributed by atoms with van der Waals surface area (Å²) in [5.41, 5.74) is 6.68. The summed E-state index contributed by atoms with van der Waals surface area (Å²) in [5, 5.41) is 6.63. The Morgan fingerprint density at radius 2 is 1.67 bits per heavy atom. The van der Waals surface area contributed by atoms with Crippen LogP contribution in [0.3, 0.4) is 0 Å². The molecule has 190 valence electrons. The number of hydrogen-bond acceptors (Lipinski definition) is 2. The number of aryl methyl sites for hydroxylation is 1. The molecule has 1 aliphatic rings. The van der Waals surface area contributed by atoms with E-state index in [0.717, 1.165) is 39.5 Å². The summed E-state index contributed by atoms with van der Waals surface area (Å²) in [5.74, 6) is -1.85. The fraction of sp³-hybridized carbons (Fsp3) is 0.355. The van der Waals surface area contributed by atoms with E-state index in [9.17, 15) is 13.6 Å². The van der Waals surface area contributed by atoms with E-state index < -0.39 is 5.92 Å². The fourth-order valence-corrected chi connectivity index (χ4v) is 4.17. The third-order valence-corrected chi connectivity index (χ3v) is 6.92. The smallest absolute Gasteiger partial charge is 0.247 e. The number of carbonyl (C=O) groups excluding carboxylic acids is 1. The van der Waals surface area contributed by atoms with E-state index in [1.807, 2.05) is 36.3 Å². The first kappa shape index (κ1) is 27.3. The van der Waals surface area contributed by atoms with Crippen molar-refractivity contribution >= 4 is 16.9 Å². The van der Waals surface area contributed by atoms with Crippen LogP contribution in [-0.4, -0.2) is 21.5 Å². The highest BCUT2D eigenvalue weighted by molar-refractivity contribution is 5.94. The predicted molar refractivity (Wildman–Crippen MR) is 144 cm³/mol. The van der Waals surface area contributed by atoms with Gasteiger partial charge in [0.15, 0.2) is 5.78 Å². The van der Waals surface area contributed by atoms with Crippen LogP contribution in [0.1, 0.15) is 69.8 Å². The zero-order valence-electron chi connectivity index (χ0n) is 22.1. The van der Waals surface area contributed by atoms with E-state index in [1.165, 1.54) is 24.6 Å². The Morgan fingerprint density at radius 1 is 1.03 bits per heavy atom. The van der Waals surface area contributed by atoms with Crippen molar-refractivity contribution < 1.29 is 13.6 Å². The first-order valence-corrected chi connectivity index (χ1v) is 12.6. The van der Waals surface area contributed by atoms with E-state index in [-0.39, 0.29) is 18.6 Å². The quantitative estimate of drug-likeness (QED) is 0.373. The largest absolute Gasteiger partial charge is 0.295 e. The minimum atomic E-state index is -2.42. The van der Waals surface area contributed by atoms with Crippen LogP contribution in [0.4, 0.5) is 8.78 Å². The molecule has 1 atom stereocenters. The van der Waals surface area contributed by atoms with E-state index in [0.29, 0.717) is 5.92 Å². The lowest BCUT2D eigenvalue weighted by atomic mass is 9.89. The van der Waals surface area contributed by atoms with E-state index >= 15 is 0 Å². The standard InChI is InChI=1S/C26H26N2O.C5H10F2/c1-17-6-5-7-25(26-14-22(19(3)29)12-13-24(26)18(17)2)21-10-8-20(9-11-21)23-15-27-28(4)16-23;1-3-5(6,7)4-2/h5,7-17H,6H2,1-4H3;3-4H2,1-2H3/b7-5+,24-18-,26-25+;. The number of fused-ring (bicyclic) bond motifs is 1. The summed E-state index contributed by atoms with van der Waals surface area (Å²) in [7, 11) is 1.93. The number of aromatic nitrogens is 2. The molecule has 0 spiro atoms. The molecule has 0 aliphatic heterocycles.